The average molecular weight is 263 g/mol. The molecule has 0 atom stereocenters. The van der Waals surface area contributed by atoms with E-state index < -0.39 is 0 Å². The van der Waals surface area contributed by atoms with Crippen molar-refractivity contribution in [3.05, 3.63) is 34.1 Å². The van der Waals surface area contributed by atoms with Crippen molar-refractivity contribution in [2.24, 2.45) is 0 Å². The van der Waals surface area contributed by atoms with Gasteiger partial charge in [0.25, 0.3) is 5.56 Å². The molecule has 4 heteroatoms. The molecular formula is C14H17NO2S. The van der Waals surface area contributed by atoms with Gasteiger partial charge >= 0.3 is 0 Å². The number of nitrogens with zero attached hydrogens (tertiary/aromatic N) is 1. The van der Waals surface area contributed by atoms with Gasteiger partial charge in [-0.15, -0.1) is 0 Å². The Labute approximate surface area is 110 Å². The van der Waals surface area contributed by atoms with Crippen molar-refractivity contribution in [1.82, 2.24) is 3.96 Å². The summed E-state index contributed by atoms with van der Waals surface area (Å²) in [5.41, 5.74) is 0.863. The van der Waals surface area contributed by atoms with E-state index in [4.69, 9.17) is 0 Å². The van der Waals surface area contributed by atoms with Crippen molar-refractivity contribution in [3.8, 4) is 0 Å². The van der Waals surface area contributed by atoms with Crippen LogP contribution in [0.1, 0.15) is 31.2 Å². The first-order valence-corrected chi connectivity index (χ1v) is 7.18. The third kappa shape index (κ3) is 1.56. The number of benzene rings is 1. The van der Waals surface area contributed by atoms with Gasteiger partial charge in [0.05, 0.1) is 22.2 Å². The maximum atomic E-state index is 12.5. The van der Waals surface area contributed by atoms with Crippen LogP contribution in [-0.4, -0.2) is 15.7 Å². The van der Waals surface area contributed by atoms with Crippen LogP contribution in [0.25, 0.3) is 10.1 Å². The molecule has 0 unspecified atom stereocenters. The lowest BCUT2D eigenvalue weighted by Gasteiger charge is -2.26. The van der Waals surface area contributed by atoms with E-state index >= 15 is 0 Å². The molecule has 18 heavy (non-hydrogen) atoms. The molecule has 0 spiro atoms. The zero-order chi connectivity index (χ0) is 12.8. The van der Waals surface area contributed by atoms with Crippen LogP contribution in [0.5, 0.6) is 0 Å². The van der Waals surface area contributed by atoms with Crippen LogP contribution >= 0.6 is 11.5 Å². The summed E-state index contributed by atoms with van der Waals surface area (Å²) in [4.78, 5) is 12.5. The maximum absolute atomic E-state index is 12.5. The standard InChI is InChI=1S/C14H17NO2S/c1-10-5-4-6-11-12(10)18-15(13(11)17)14(9-16)7-2-3-8-14/h4-6,16H,2-3,7-9H2,1H3. The summed E-state index contributed by atoms with van der Waals surface area (Å²) in [6.45, 7) is 2.10. The van der Waals surface area contributed by atoms with E-state index in [1.807, 2.05) is 29.1 Å². The topological polar surface area (TPSA) is 42.2 Å². The second kappa shape index (κ2) is 4.21. The molecule has 0 saturated heterocycles. The smallest absolute Gasteiger partial charge is 0.269 e. The Balaban J connectivity index is 2.27. The molecule has 0 aliphatic heterocycles. The van der Waals surface area contributed by atoms with Crippen LogP contribution in [0.15, 0.2) is 23.0 Å². The summed E-state index contributed by atoms with van der Waals surface area (Å²) in [6, 6.07) is 5.84. The molecule has 1 aromatic carbocycles. The Hall–Kier alpha value is -1.13. The highest BCUT2D eigenvalue weighted by atomic mass is 32.1. The van der Waals surface area contributed by atoms with Crippen LogP contribution in [0.2, 0.25) is 0 Å². The van der Waals surface area contributed by atoms with Gasteiger partial charge in [0, 0.05) is 0 Å². The molecule has 0 amide bonds. The molecule has 1 heterocycles. The second-order valence-corrected chi connectivity index (χ2v) is 6.19. The average Bonchev–Trinajstić information content (AvgIpc) is 2.97. The van der Waals surface area contributed by atoms with Crippen molar-refractivity contribution in [3.63, 3.8) is 0 Å². The summed E-state index contributed by atoms with van der Waals surface area (Å²) >= 11 is 1.52. The van der Waals surface area contributed by atoms with Crippen molar-refractivity contribution in [2.45, 2.75) is 38.1 Å². The van der Waals surface area contributed by atoms with E-state index in [9.17, 15) is 9.90 Å². The molecule has 3 nitrogen and oxygen atoms in total. The Morgan fingerprint density at radius 1 is 1.39 bits per heavy atom. The van der Waals surface area contributed by atoms with E-state index in [1.165, 1.54) is 11.5 Å². The summed E-state index contributed by atoms with van der Waals surface area (Å²) in [5, 5.41) is 10.5. The minimum Gasteiger partial charge on any atom is -0.394 e. The van der Waals surface area contributed by atoms with Gasteiger partial charge < -0.3 is 5.11 Å². The number of hydrogen-bond acceptors (Lipinski definition) is 3. The predicted molar refractivity (Wildman–Crippen MR) is 74.3 cm³/mol. The number of rotatable bonds is 2. The van der Waals surface area contributed by atoms with E-state index in [0.29, 0.717) is 0 Å². The summed E-state index contributed by atoms with van der Waals surface area (Å²) in [6.07, 6.45) is 4.02. The molecule has 2 aromatic rings. The van der Waals surface area contributed by atoms with Gasteiger partial charge in [-0.3, -0.25) is 8.75 Å². The SMILES string of the molecule is Cc1cccc2c(=O)n(C3(CO)CCCC3)sc12. The van der Waals surface area contributed by atoms with Gasteiger partial charge in [-0.1, -0.05) is 36.5 Å². The molecular weight excluding hydrogens is 246 g/mol. The minimum absolute atomic E-state index is 0.0645. The lowest BCUT2D eigenvalue weighted by molar-refractivity contribution is 0.144. The zero-order valence-corrected chi connectivity index (χ0v) is 11.3. The summed E-state index contributed by atoms with van der Waals surface area (Å²) in [5.74, 6) is 0. The van der Waals surface area contributed by atoms with E-state index in [-0.39, 0.29) is 17.7 Å². The van der Waals surface area contributed by atoms with Gasteiger partial charge in [-0.25, -0.2) is 0 Å². The number of fused-ring (bicyclic) bond motifs is 1. The van der Waals surface area contributed by atoms with Crippen LogP contribution in [0, 0.1) is 6.92 Å². The predicted octanol–water partition coefficient (Wildman–Crippen LogP) is 2.63. The fourth-order valence-electron chi connectivity index (χ4n) is 2.95. The van der Waals surface area contributed by atoms with Crippen LogP contribution in [0.4, 0.5) is 0 Å². The Kier molecular flexibility index (Phi) is 2.79. The van der Waals surface area contributed by atoms with E-state index in [2.05, 4.69) is 0 Å². The highest BCUT2D eigenvalue weighted by Crippen LogP contribution is 2.38. The number of aryl methyl sites for hydroxylation is 1. The van der Waals surface area contributed by atoms with Gasteiger partial charge in [0.1, 0.15) is 0 Å². The maximum Gasteiger partial charge on any atom is 0.269 e. The molecule has 1 aliphatic rings. The van der Waals surface area contributed by atoms with Crippen molar-refractivity contribution >= 4 is 21.6 Å². The Bertz CT molecular complexity index is 635. The van der Waals surface area contributed by atoms with Gasteiger partial charge in [-0.05, 0) is 31.4 Å². The molecule has 1 N–H and O–H groups in total. The fraction of sp³-hybridized carbons (Fsp3) is 0.500. The Morgan fingerprint density at radius 2 is 2.11 bits per heavy atom. The molecule has 0 radical (unpaired) electrons. The van der Waals surface area contributed by atoms with Crippen molar-refractivity contribution in [2.75, 3.05) is 6.61 Å². The van der Waals surface area contributed by atoms with Crippen LogP contribution < -0.4 is 5.56 Å². The van der Waals surface area contributed by atoms with Crippen LogP contribution in [-0.2, 0) is 5.54 Å². The number of hydrogen-bond donors (Lipinski definition) is 1. The Morgan fingerprint density at radius 3 is 2.72 bits per heavy atom. The van der Waals surface area contributed by atoms with Crippen LogP contribution in [0.3, 0.4) is 0 Å². The molecule has 3 rings (SSSR count). The molecule has 96 valence electrons. The highest BCUT2D eigenvalue weighted by molar-refractivity contribution is 7.14. The molecule has 1 aromatic heterocycles. The van der Waals surface area contributed by atoms with Crippen molar-refractivity contribution in [1.29, 1.82) is 0 Å². The highest BCUT2D eigenvalue weighted by Gasteiger charge is 2.37. The first-order chi connectivity index (χ1) is 8.68. The molecule has 1 fully saturated rings. The third-order valence-corrected chi connectivity index (χ3v) is 5.53. The molecule has 0 bridgehead atoms. The van der Waals surface area contributed by atoms with Crippen molar-refractivity contribution < 1.29 is 5.11 Å². The van der Waals surface area contributed by atoms with Gasteiger partial charge in [-0.2, -0.15) is 0 Å². The first-order valence-electron chi connectivity index (χ1n) is 6.41. The lowest BCUT2D eigenvalue weighted by atomic mass is 10.00. The summed E-state index contributed by atoms with van der Waals surface area (Å²) < 4.78 is 2.89. The lowest BCUT2D eigenvalue weighted by Crippen LogP contribution is -2.38. The number of aromatic nitrogens is 1. The molecule has 1 aliphatic carbocycles. The fourth-order valence-corrected chi connectivity index (χ4v) is 4.22. The molecule has 1 saturated carbocycles. The third-order valence-electron chi connectivity index (χ3n) is 4.07. The van der Waals surface area contributed by atoms with E-state index in [0.717, 1.165) is 41.3 Å². The van der Waals surface area contributed by atoms with Gasteiger partial charge in [0.15, 0.2) is 0 Å². The van der Waals surface area contributed by atoms with E-state index in [1.54, 1.807) is 0 Å². The number of aliphatic hydroxyl groups is 1. The second-order valence-electron chi connectivity index (χ2n) is 5.23. The summed E-state index contributed by atoms with van der Waals surface area (Å²) in [7, 11) is 0. The zero-order valence-electron chi connectivity index (χ0n) is 10.5. The largest absolute Gasteiger partial charge is 0.394 e. The van der Waals surface area contributed by atoms with Gasteiger partial charge in [0.2, 0.25) is 0 Å². The first kappa shape index (κ1) is 11.9. The number of aliphatic hydroxyl groups excluding tert-OH is 1. The quantitative estimate of drug-likeness (QED) is 0.905. The normalized spacial score (nSPS) is 18.6. The minimum atomic E-state index is -0.340. The monoisotopic (exact) mass is 263 g/mol.